The summed E-state index contributed by atoms with van der Waals surface area (Å²) in [7, 11) is -3.90. The minimum absolute atomic E-state index is 0.0146. The van der Waals surface area contributed by atoms with Gasteiger partial charge in [0.05, 0.1) is 4.90 Å². The second kappa shape index (κ2) is 10.6. The van der Waals surface area contributed by atoms with Gasteiger partial charge in [0.25, 0.3) is 15.9 Å². The lowest BCUT2D eigenvalue weighted by molar-refractivity contribution is 0.102. The van der Waals surface area contributed by atoms with E-state index >= 15 is 0 Å². The molecule has 2 N–H and O–H groups in total. The monoisotopic (exact) mass is 540 g/mol. The van der Waals surface area contributed by atoms with Gasteiger partial charge in [-0.2, -0.15) is 5.10 Å². The number of anilines is 2. The van der Waals surface area contributed by atoms with Gasteiger partial charge in [0.1, 0.15) is 5.75 Å². The fourth-order valence-electron chi connectivity index (χ4n) is 3.23. The molecule has 0 aliphatic carbocycles. The number of ether oxygens (including phenoxy) is 1. The summed E-state index contributed by atoms with van der Waals surface area (Å²) in [6, 6.07) is 17.9. The summed E-state index contributed by atoms with van der Waals surface area (Å²) in [4.78, 5) is 12.6. The molecule has 0 unspecified atom stereocenters. The third-order valence-electron chi connectivity index (χ3n) is 5.25. The van der Waals surface area contributed by atoms with E-state index in [-0.39, 0.29) is 33.7 Å². The molecule has 37 heavy (non-hydrogen) atoms. The maximum absolute atomic E-state index is 12.6. The molecule has 4 aromatic rings. The topological polar surface area (TPSA) is 128 Å². The van der Waals surface area contributed by atoms with E-state index in [9.17, 15) is 13.2 Å². The fraction of sp³-hybridized carbons (Fsp3) is 0.200. The van der Waals surface area contributed by atoms with Gasteiger partial charge in [0, 0.05) is 11.9 Å². The van der Waals surface area contributed by atoms with Crippen LogP contribution in [0, 0.1) is 0 Å². The minimum Gasteiger partial charge on any atom is -0.471 e. The van der Waals surface area contributed by atoms with Crippen molar-refractivity contribution >= 4 is 39.0 Å². The first kappa shape index (κ1) is 26.1. The van der Waals surface area contributed by atoms with Crippen LogP contribution in [0.2, 0.25) is 5.15 Å². The largest absolute Gasteiger partial charge is 0.471 e. The first-order valence-corrected chi connectivity index (χ1v) is 13.1. The molecule has 4 rings (SSSR count). The number of rotatable bonds is 8. The number of sulfonamides is 1. The van der Waals surface area contributed by atoms with Crippen LogP contribution in [0.1, 0.15) is 36.8 Å². The molecule has 10 nitrogen and oxygen atoms in total. The Kier molecular flexibility index (Phi) is 7.46. The van der Waals surface area contributed by atoms with Crippen LogP contribution in [0.25, 0.3) is 0 Å². The number of amides is 1. The van der Waals surface area contributed by atoms with E-state index in [1.54, 1.807) is 12.3 Å². The predicted octanol–water partition coefficient (Wildman–Crippen LogP) is 4.71. The van der Waals surface area contributed by atoms with Gasteiger partial charge in [-0.3, -0.25) is 9.52 Å². The highest BCUT2D eigenvalue weighted by Crippen LogP contribution is 2.24. The standard InChI is InChI=1S/C25H25ClN6O4S/c1-25(2,3)17-4-8-19(9-5-17)36-16-32-15-14-21(30-32)24(33)27-18-6-10-20(11-7-18)37(34,35)31-23-13-12-22(26)28-29-23/h4-15H,16H2,1-3H3,(H,27,33)(H,29,31). The molecule has 0 fully saturated rings. The van der Waals surface area contributed by atoms with Crippen LogP contribution in [0.3, 0.4) is 0 Å². The molecule has 0 radical (unpaired) electrons. The Morgan fingerprint density at radius 2 is 1.68 bits per heavy atom. The lowest BCUT2D eigenvalue weighted by Gasteiger charge is -2.19. The number of halogens is 1. The third-order valence-corrected chi connectivity index (χ3v) is 6.82. The first-order valence-electron chi connectivity index (χ1n) is 11.2. The fourth-order valence-corrected chi connectivity index (χ4v) is 4.32. The molecule has 0 aliphatic heterocycles. The SMILES string of the molecule is CC(C)(C)c1ccc(OCn2ccc(C(=O)Nc3ccc(S(=O)(=O)Nc4ccc(Cl)nn4)cc3)n2)cc1. The quantitative estimate of drug-likeness (QED) is 0.331. The molecular formula is C25H25ClN6O4S. The Hall–Kier alpha value is -3.96. The highest BCUT2D eigenvalue weighted by molar-refractivity contribution is 7.92. The summed E-state index contributed by atoms with van der Waals surface area (Å²) in [5.74, 6) is 0.281. The Bertz CT molecular complexity index is 1480. The van der Waals surface area contributed by atoms with Crippen molar-refractivity contribution in [2.24, 2.45) is 0 Å². The Morgan fingerprint density at radius 1 is 0.973 bits per heavy atom. The summed E-state index contributed by atoms with van der Waals surface area (Å²) in [5.41, 5.74) is 1.85. The van der Waals surface area contributed by atoms with E-state index in [4.69, 9.17) is 16.3 Å². The van der Waals surface area contributed by atoms with E-state index < -0.39 is 15.9 Å². The van der Waals surface area contributed by atoms with Gasteiger partial charge < -0.3 is 10.1 Å². The van der Waals surface area contributed by atoms with Crippen LogP contribution < -0.4 is 14.8 Å². The number of hydrogen-bond donors (Lipinski definition) is 2. The average Bonchev–Trinajstić information content (AvgIpc) is 3.33. The molecule has 0 aliphatic rings. The van der Waals surface area contributed by atoms with Gasteiger partial charge in [-0.05, 0) is 65.6 Å². The van der Waals surface area contributed by atoms with E-state index in [0.717, 1.165) is 0 Å². The van der Waals surface area contributed by atoms with Crippen molar-refractivity contribution in [1.29, 1.82) is 0 Å². The van der Waals surface area contributed by atoms with Gasteiger partial charge in [0.2, 0.25) is 0 Å². The van der Waals surface area contributed by atoms with Crippen molar-refractivity contribution < 1.29 is 17.9 Å². The Morgan fingerprint density at radius 3 is 2.30 bits per heavy atom. The van der Waals surface area contributed by atoms with Crippen molar-refractivity contribution in [3.8, 4) is 5.75 Å². The summed E-state index contributed by atoms with van der Waals surface area (Å²) >= 11 is 5.67. The Labute approximate surface area is 219 Å². The molecular weight excluding hydrogens is 516 g/mol. The van der Waals surface area contributed by atoms with Crippen LogP contribution in [-0.2, 0) is 22.2 Å². The van der Waals surface area contributed by atoms with E-state index in [2.05, 4.69) is 46.1 Å². The molecule has 1 amide bonds. The van der Waals surface area contributed by atoms with Crippen LogP contribution in [0.5, 0.6) is 5.75 Å². The highest BCUT2D eigenvalue weighted by atomic mass is 35.5. The normalized spacial score (nSPS) is 11.7. The van der Waals surface area contributed by atoms with Crippen molar-refractivity contribution in [2.45, 2.75) is 37.8 Å². The van der Waals surface area contributed by atoms with Crippen molar-refractivity contribution in [2.75, 3.05) is 10.0 Å². The zero-order chi connectivity index (χ0) is 26.6. The van der Waals surface area contributed by atoms with Crippen molar-refractivity contribution in [3.63, 3.8) is 0 Å². The van der Waals surface area contributed by atoms with E-state index in [1.165, 1.54) is 46.6 Å². The summed E-state index contributed by atoms with van der Waals surface area (Å²) < 4.78 is 34.7. The number of aromatic nitrogens is 4. The lowest BCUT2D eigenvalue weighted by Crippen LogP contribution is -2.16. The number of carbonyl (C=O) groups excluding carboxylic acids is 1. The number of nitrogens with zero attached hydrogens (tertiary/aromatic N) is 4. The second-order valence-corrected chi connectivity index (χ2v) is 11.2. The second-order valence-electron chi connectivity index (χ2n) is 9.11. The molecule has 0 saturated carbocycles. The van der Waals surface area contributed by atoms with Crippen molar-refractivity contribution in [1.82, 2.24) is 20.0 Å². The smallest absolute Gasteiger partial charge is 0.276 e. The molecule has 12 heteroatoms. The van der Waals surface area contributed by atoms with Crippen LogP contribution >= 0.6 is 11.6 Å². The van der Waals surface area contributed by atoms with Crippen LogP contribution in [0.15, 0.2) is 77.8 Å². The molecule has 2 heterocycles. The molecule has 0 atom stereocenters. The van der Waals surface area contributed by atoms with Gasteiger partial charge in [-0.15, -0.1) is 10.2 Å². The van der Waals surface area contributed by atoms with E-state index in [0.29, 0.717) is 11.4 Å². The molecule has 2 aromatic heterocycles. The summed E-state index contributed by atoms with van der Waals surface area (Å²) in [6.07, 6.45) is 1.64. The number of nitrogens with one attached hydrogen (secondary N) is 2. The molecule has 0 spiro atoms. The first-order chi connectivity index (χ1) is 17.5. The third kappa shape index (κ3) is 6.83. The predicted molar refractivity (Wildman–Crippen MR) is 140 cm³/mol. The van der Waals surface area contributed by atoms with Crippen LogP contribution in [0.4, 0.5) is 11.5 Å². The molecule has 0 bridgehead atoms. The zero-order valence-corrected chi connectivity index (χ0v) is 21.9. The summed E-state index contributed by atoms with van der Waals surface area (Å²) in [5, 5.41) is 14.4. The lowest BCUT2D eigenvalue weighted by atomic mass is 9.87. The maximum Gasteiger partial charge on any atom is 0.276 e. The number of carbonyl (C=O) groups is 1. The van der Waals surface area contributed by atoms with Crippen LogP contribution in [-0.4, -0.2) is 34.3 Å². The van der Waals surface area contributed by atoms with Gasteiger partial charge in [-0.25, -0.2) is 13.1 Å². The molecule has 0 saturated heterocycles. The maximum atomic E-state index is 12.6. The van der Waals surface area contributed by atoms with Gasteiger partial charge in [-0.1, -0.05) is 44.5 Å². The molecule has 2 aromatic carbocycles. The molecule has 192 valence electrons. The zero-order valence-electron chi connectivity index (χ0n) is 20.3. The van der Waals surface area contributed by atoms with Gasteiger partial charge >= 0.3 is 0 Å². The Balaban J connectivity index is 1.33. The van der Waals surface area contributed by atoms with Crippen molar-refractivity contribution in [3.05, 3.63) is 89.3 Å². The van der Waals surface area contributed by atoms with Gasteiger partial charge in [0.15, 0.2) is 23.4 Å². The van der Waals surface area contributed by atoms with E-state index in [1.807, 2.05) is 24.3 Å². The number of hydrogen-bond acceptors (Lipinski definition) is 7. The number of benzene rings is 2. The highest BCUT2D eigenvalue weighted by Gasteiger charge is 2.17. The summed E-state index contributed by atoms with van der Waals surface area (Å²) in [6.45, 7) is 6.57. The average molecular weight is 541 g/mol. The minimum atomic E-state index is -3.90.